The van der Waals surface area contributed by atoms with E-state index in [0.29, 0.717) is 28.9 Å². The first-order chi connectivity index (χ1) is 20.9. The summed E-state index contributed by atoms with van der Waals surface area (Å²) >= 11 is 0. The van der Waals surface area contributed by atoms with Crippen LogP contribution in [-0.4, -0.2) is 34.3 Å². The van der Waals surface area contributed by atoms with Gasteiger partial charge in [0.2, 0.25) is 0 Å². The fourth-order valence-electron chi connectivity index (χ4n) is 4.17. The lowest BCUT2D eigenvalue weighted by Gasteiger charge is -2.19. The van der Waals surface area contributed by atoms with Crippen molar-refractivity contribution in [2.45, 2.75) is 20.3 Å². The second-order valence-corrected chi connectivity index (χ2v) is 9.97. The molecule has 218 valence electrons. The van der Waals surface area contributed by atoms with Crippen LogP contribution in [0.15, 0.2) is 109 Å². The Balaban J connectivity index is 1.36. The molecule has 0 aliphatic rings. The van der Waals surface area contributed by atoms with Crippen molar-refractivity contribution in [3.63, 3.8) is 0 Å². The quantitative estimate of drug-likeness (QED) is 0.201. The Kier molecular flexibility index (Phi) is 8.96. The molecule has 0 fully saturated rings. The van der Waals surface area contributed by atoms with Crippen LogP contribution in [0.2, 0.25) is 0 Å². The molecule has 5 aromatic rings. The predicted molar refractivity (Wildman–Crippen MR) is 162 cm³/mol. The van der Waals surface area contributed by atoms with E-state index in [2.05, 4.69) is 24.1 Å². The van der Waals surface area contributed by atoms with Gasteiger partial charge < -0.3 is 19.5 Å². The summed E-state index contributed by atoms with van der Waals surface area (Å²) < 4.78 is 18.5. The third kappa shape index (κ3) is 7.36. The van der Waals surface area contributed by atoms with E-state index in [9.17, 15) is 14.4 Å². The third-order valence-corrected chi connectivity index (χ3v) is 6.32. The van der Waals surface area contributed by atoms with E-state index in [1.54, 1.807) is 95.7 Å². The summed E-state index contributed by atoms with van der Waals surface area (Å²) in [7, 11) is 0. The zero-order chi connectivity index (χ0) is 30.2. The molecular weight excluding hydrogens is 548 g/mol. The van der Waals surface area contributed by atoms with E-state index in [1.165, 1.54) is 12.3 Å². The van der Waals surface area contributed by atoms with Gasteiger partial charge in [0.1, 0.15) is 23.0 Å². The molecule has 5 rings (SSSR count). The van der Waals surface area contributed by atoms with E-state index in [0.717, 1.165) is 17.3 Å². The molecule has 0 aliphatic carbocycles. The van der Waals surface area contributed by atoms with Crippen LogP contribution in [0.5, 0.6) is 23.0 Å². The highest BCUT2D eigenvalue weighted by Gasteiger charge is 2.29. The largest absolute Gasteiger partial charge is 0.457 e. The smallest absolute Gasteiger partial charge is 0.430 e. The third-order valence-electron chi connectivity index (χ3n) is 6.32. The van der Waals surface area contributed by atoms with Crippen molar-refractivity contribution in [3.8, 4) is 23.0 Å². The Morgan fingerprint density at radius 3 is 2.05 bits per heavy atom. The standard InChI is InChI=1S/C33H30N4O6/c1-23(2)15-18-35-31(38)36-20-17-24-21-27(13-14-29(24)36)41-28-16-19-34-30(22-28)37(32(39)42-25-9-5-3-6-10-25)33(40)43-26-11-7-4-8-12-26/h3-14,16-17,19-23H,15,18H2,1-2H3,(H,35,38). The van der Waals surface area contributed by atoms with Crippen molar-refractivity contribution < 1.29 is 28.6 Å². The molecule has 10 nitrogen and oxygen atoms in total. The number of benzene rings is 3. The molecule has 3 amide bonds. The summed E-state index contributed by atoms with van der Waals surface area (Å²) in [6.45, 7) is 4.81. The van der Waals surface area contributed by atoms with Crippen molar-refractivity contribution in [3.05, 3.63) is 109 Å². The van der Waals surface area contributed by atoms with Gasteiger partial charge in [-0.15, -0.1) is 0 Å². The minimum Gasteiger partial charge on any atom is -0.457 e. The maximum absolute atomic E-state index is 13.2. The van der Waals surface area contributed by atoms with Gasteiger partial charge in [-0.2, -0.15) is 4.90 Å². The summed E-state index contributed by atoms with van der Waals surface area (Å²) in [4.78, 5) is 44.0. The second-order valence-electron chi connectivity index (χ2n) is 9.97. The number of rotatable bonds is 8. The number of carbonyl (C=O) groups is 3. The van der Waals surface area contributed by atoms with E-state index in [1.807, 2.05) is 6.07 Å². The first-order valence-electron chi connectivity index (χ1n) is 13.7. The topological polar surface area (TPSA) is 112 Å². The Bertz CT molecular complexity index is 1670. The van der Waals surface area contributed by atoms with E-state index >= 15 is 0 Å². The SMILES string of the molecule is CC(C)CCNC(=O)n1ccc2cc(Oc3ccnc(N(C(=O)Oc4ccccc4)C(=O)Oc4ccccc4)c3)ccc21. The van der Waals surface area contributed by atoms with Crippen LogP contribution < -0.4 is 24.4 Å². The zero-order valence-electron chi connectivity index (χ0n) is 23.7. The van der Waals surface area contributed by atoms with Crippen LogP contribution in [0.1, 0.15) is 20.3 Å². The lowest BCUT2D eigenvalue weighted by Crippen LogP contribution is -2.41. The molecule has 43 heavy (non-hydrogen) atoms. The minimum atomic E-state index is -1.01. The maximum atomic E-state index is 13.2. The molecule has 0 unspecified atom stereocenters. The van der Waals surface area contributed by atoms with E-state index in [-0.39, 0.29) is 23.3 Å². The molecule has 2 heterocycles. The molecule has 0 radical (unpaired) electrons. The Morgan fingerprint density at radius 1 is 0.791 bits per heavy atom. The number of hydrogen-bond donors (Lipinski definition) is 1. The number of imide groups is 1. The number of hydrogen-bond acceptors (Lipinski definition) is 7. The Hall–Kier alpha value is -5.64. The van der Waals surface area contributed by atoms with Gasteiger partial charge in [-0.1, -0.05) is 50.2 Å². The minimum absolute atomic E-state index is 0.0651. The van der Waals surface area contributed by atoms with Crippen LogP contribution >= 0.6 is 0 Å². The number of anilines is 1. The van der Waals surface area contributed by atoms with Gasteiger partial charge in [0, 0.05) is 30.4 Å². The number of pyridine rings is 1. The molecule has 2 aromatic heterocycles. The first kappa shape index (κ1) is 28.9. The molecular formula is C33H30N4O6. The van der Waals surface area contributed by atoms with Crippen molar-refractivity contribution in [2.24, 2.45) is 5.92 Å². The Labute approximate surface area is 248 Å². The number of nitrogens with zero attached hydrogens (tertiary/aromatic N) is 3. The van der Waals surface area contributed by atoms with Gasteiger partial charge in [0.05, 0.1) is 5.52 Å². The zero-order valence-corrected chi connectivity index (χ0v) is 23.7. The predicted octanol–water partition coefficient (Wildman–Crippen LogP) is 7.64. The number of nitrogens with one attached hydrogen (secondary N) is 1. The lowest BCUT2D eigenvalue weighted by atomic mass is 10.1. The molecule has 0 atom stereocenters. The summed E-state index contributed by atoms with van der Waals surface area (Å²) in [6.07, 6.45) is 1.98. The number of aromatic nitrogens is 2. The normalized spacial score (nSPS) is 10.8. The number of fused-ring (bicyclic) bond motifs is 1. The number of ether oxygens (including phenoxy) is 3. The average molecular weight is 579 g/mol. The highest BCUT2D eigenvalue weighted by Crippen LogP contribution is 2.29. The fourth-order valence-corrected chi connectivity index (χ4v) is 4.17. The van der Waals surface area contributed by atoms with Crippen molar-refractivity contribution in [2.75, 3.05) is 11.4 Å². The monoisotopic (exact) mass is 578 g/mol. The molecule has 0 spiro atoms. The van der Waals surface area contributed by atoms with Crippen LogP contribution in [0, 0.1) is 5.92 Å². The van der Waals surface area contributed by atoms with E-state index in [4.69, 9.17) is 14.2 Å². The second kappa shape index (κ2) is 13.3. The number of para-hydroxylation sites is 2. The molecule has 0 aliphatic heterocycles. The molecule has 0 bridgehead atoms. The fraction of sp³-hybridized carbons (Fsp3) is 0.152. The lowest BCUT2D eigenvalue weighted by molar-refractivity contribution is 0.190. The number of amides is 3. The average Bonchev–Trinajstić information content (AvgIpc) is 3.42. The highest BCUT2D eigenvalue weighted by molar-refractivity contribution is 6.09. The highest BCUT2D eigenvalue weighted by atomic mass is 16.6. The van der Waals surface area contributed by atoms with Crippen LogP contribution in [0.25, 0.3) is 10.9 Å². The summed E-state index contributed by atoms with van der Waals surface area (Å²) in [5.41, 5.74) is 0.725. The van der Waals surface area contributed by atoms with Crippen molar-refractivity contribution in [1.29, 1.82) is 0 Å². The maximum Gasteiger partial charge on any atom is 0.430 e. The molecule has 3 aromatic carbocycles. The van der Waals surface area contributed by atoms with Crippen LogP contribution in [0.3, 0.4) is 0 Å². The molecule has 1 N–H and O–H groups in total. The van der Waals surface area contributed by atoms with Gasteiger partial charge in [-0.05, 0) is 66.9 Å². The summed E-state index contributed by atoms with van der Waals surface area (Å²) in [6, 6.07) is 26.6. The van der Waals surface area contributed by atoms with Gasteiger partial charge in [0.15, 0.2) is 5.82 Å². The van der Waals surface area contributed by atoms with E-state index < -0.39 is 12.2 Å². The van der Waals surface area contributed by atoms with Crippen molar-refractivity contribution >= 4 is 34.9 Å². The van der Waals surface area contributed by atoms with Gasteiger partial charge in [-0.3, -0.25) is 4.57 Å². The summed E-state index contributed by atoms with van der Waals surface area (Å²) in [5, 5.41) is 3.73. The molecule has 0 saturated carbocycles. The van der Waals surface area contributed by atoms with Gasteiger partial charge in [-0.25, -0.2) is 19.4 Å². The Morgan fingerprint density at radius 2 is 1.42 bits per heavy atom. The van der Waals surface area contributed by atoms with Gasteiger partial charge in [0.25, 0.3) is 0 Å². The molecule has 10 heteroatoms. The first-order valence-corrected chi connectivity index (χ1v) is 13.7. The molecule has 0 saturated heterocycles. The van der Waals surface area contributed by atoms with Crippen molar-refractivity contribution in [1.82, 2.24) is 14.9 Å². The number of carbonyl (C=O) groups excluding carboxylic acids is 3. The van der Waals surface area contributed by atoms with Crippen LogP contribution in [-0.2, 0) is 0 Å². The van der Waals surface area contributed by atoms with Gasteiger partial charge >= 0.3 is 18.2 Å². The van der Waals surface area contributed by atoms with Crippen LogP contribution in [0.4, 0.5) is 20.2 Å². The summed E-state index contributed by atoms with van der Waals surface area (Å²) in [5.74, 6) is 1.70.